The molecule has 1 atom stereocenters. The summed E-state index contributed by atoms with van der Waals surface area (Å²) in [5, 5.41) is 8.82. The van der Waals surface area contributed by atoms with Gasteiger partial charge in [-0.25, -0.2) is 9.18 Å². The summed E-state index contributed by atoms with van der Waals surface area (Å²) in [5.74, 6) is -1.48. The average molecular weight is 323 g/mol. The summed E-state index contributed by atoms with van der Waals surface area (Å²) in [7, 11) is 0. The summed E-state index contributed by atoms with van der Waals surface area (Å²) < 4.78 is 19.3. The van der Waals surface area contributed by atoms with Crippen LogP contribution in [0.3, 0.4) is 0 Å². The third-order valence-corrected chi connectivity index (χ3v) is 3.89. The van der Waals surface area contributed by atoms with Crippen LogP contribution >= 0.6 is 0 Å². The molecule has 1 heterocycles. The Morgan fingerprint density at radius 1 is 1.43 bits per heavy atom. The molecule has 1 aromatic carbocycles. The molecular formula is C17H22FNO4. The number of nitrogens with zero attached hydrogens (tertiary/aromatic N) is 1. The Bertz CT molecular complexity index is 588. The van der Waals surface area contributed by atoms with Crippen molar-refractivity contribution < 1.29 is 23.8 Å². The number of carboxylic acids is 1. The topological polar surface area (TPSA) is 66.8 Å². The first-order chi connectivity index (χ1) is 10.9. The highest BCUT2D eigenvalue weighted by Crippen LogP contribution is 2.23. The van der Waals surface area contributed by atoms with Crippen molar-refractivity contribution in [2.45, 2.75) is 39.2 Å². The summed E-state index contributed by atoms with van der Waals surface area (Å²) in [4.78, 5) is 24.8. The summed E-state index contributed by atoms with van der Waals surface area (Å²) in [5.41, 5.74) is -0.121. The zero-order chi connectivity index (χ0) is 17.0. The van der Waals surface area contributed by atoms with E-state index in [0.717, 1.165) is 18.9 Å². The molecule has 0 spiro atoms. The maximum absolute atomic E-state index is 13.8. The van der Waals surface area contributed by atoms with Crippen molar-refractivity contribution in [3.8, 4) is 5.75 Å². The van der Waals surface area contributed by atoms with Gasteiger partial charge in [0.2, 0.25) is 5.91 Å². The first kappa shape index (κ1) is 17.2. The third-order valence-electron chi connectivity index (χ3n) is 3.89. The minimum atomic E-state index is -1.18. The maximum atomic E-state index is 13.8. The SMILES string of the molecule is CC(C)CC(=O)N1CCCC1COc1ccc(C(=O)O)cc1F. The van der Waals surface area contributed by atoms with Gasteiger partial charge in [-0.3, -0.25) is 4.79 Å². The Labute approximate surface area is 135 Å². The van der Waals surface area contributed by atoms with Gasteiger partial charge in [0.15, 0.2) is 11.6 Å². The van der Waals surface area contributed by atoms with Crippen molar-refractivity contribution in [1.82, 2.24) is 4.90 Å². The van der Waals surface area contributed by atoms with E-state index >= 15 is 0 Å². The fraction of sp³-hybridized carbons (Fsp3) is 0.529. The highest BCUT2D eigenvalue weighted by molar-refractivity contribution is 5.87. The molecule has 1 N–H and O–H groups in total. The van der Waals surface area contributed by atoms with Gasteiger partial charge in [-0.05, 0) is 37.0 Å². The van der Waals surface area contributed by atoms with E-state index in [2.05, 4.69) is 0 Å². The summed E-state index contributed by atoms with van der Waals surface area (Å²) >= 11 is 0. The van der Waals surface area contributed by atoms with Gasteiger partial charge in [-0.2, -0.15) is 0 Å². The normalized spacial score (nSPS) is 17.6. The lowest BCUT2D eigenvalue weighted by Gasteiger charge is -2.25. The fourth-order valence-corrected chi connectivity index (χ4v) is 2.74. The van der Waals surface area contributed by atoms with E-state index in [1.54, 1.807) is 0 Å². The van der Waals surface area contributed by atoms with Gasteiger partial charge in [0.25, 0.3) is 0 Å². The second-order valence-corrected chi connectivity index (χ2v) is 6.24. The lowest BCUT2D eigenvalue weighted by atomic mass is 10.1. The Balaban J connectivity index is 1.97. The van der Waals surface area contributed by atoms with Crippen molar-refractivity contribution in [2.24, 2.45) is 5.92 Å². The largest absolute Gasteiger partial charge is 0.488 e. The molecule has 1 unspecified atom stereocenters. The molecule has 0 aliphatic carbocycles. The van der Waals surface area contributed by atoms with E-state index in [1.165, 1.54) is 12.1 Å². The molecule has 0 radical (unpaired) electrons. The number of aromatic carboxylic acids is 1. The van der Waals surface area contributed by atoms with E-state index in [9.17, 15) is 14.0 Å². The summed E-state index contributed by atoms with van der Waals surface area (Å²) in [6, 6.07) is 3.50. The van der Waals surface area contributed by atoms with Crippen LogP contribution in [0, 0.1) is 11.7 Å². The third kappa shape index (κ3) is 4.43. The van der Waals surface area contributed by atoms with Gasteiger partial charge in [0, 0.05) is 13.0 Å². The number of likely N-dealkylation sites (tertiary alicyclic amines) is 1. The smallest absolute Gasteiger partial charge is 0.335 e. The van der Waals surface area contributed by atoms with Crippen molar-refractivity contribution >= 4 is 11.9 Å². The van der Waals surface area contributed by atoms with Crippen LogP contribution in [0.5, 0.6) is 5.75 Å². The van der Waals surface area contributed by atoms with Crippen molar-refractivity contribution in [3.63, 3.8) is 0 Å². The van der Waals surface area contributed by atoms with Crippen LogP contribution in [0.25, 0.3) is 0 Å². The number of hydrogen-bond donors (Lipinski definition) is 1. The lowest BCUT2D eigenvalue weighted by molar-refractivity contribution is -0.133. The van der Waals surface area contributed by atoms with E-state index < -0.39 is 11.8 Å². The van der Waals surface area contributed by atoms with Gasteiger partial charge in [-0.15, -0.1) is 0 Å². The minimum absolute atomic E-state index is 0.0122. The van der Waals surface area contributed by atoms with Crippen molar-refractivity contribution in [1.29, 1.82) is 0 Å². The molecule has 1 aromatic rings. The molecule has 6 heteroatoms. The molecular weight excluding hydrogens is 301 g/mol. The fourth-order valence-electron chi connectivity index (χ4n) is 2.74. The molecule has 2 rings (SSSR count). The second-order valence-electron chi connectivity index (χ2n) is 6.24. The number of ether oxygens (including phenoxy) is 1. The molecule has 1 saturated heterocycles. The molecule has 1 aliphatic rings. The van der Waals surface area contributed by atoms with Gasteiger partial charge < -0.3 is 14.7 Å². The van der Waals surface area contributed by atoms with Crippen molar-refractivity contribution in [3.05, 3.63) is 29.6 Å². The van der Waals surface area contributed by atoms with E-state index in [-0.39, 0.29) is 29.9 Å². The molecule has 0 bridgehead atoms. The number of amides is 1. The first-order valence-corrected chi connectivity index (χ1v) is 7.83. The number of halogens is 1. The van der Waals surface area contributed by atoms with Crippen LogP contribution in [-0.4, -0.2) is 41.1 Å². The van der Waals surface area contributed by atoms with Crippen LogP contribution in [0.2, 0.25) is 0 Å². The number of hydrogen-bond acceptors (Lipinski definition) is 3. The van der Waals surface area contributed by atoms with Crippen LogP contribution in [-0.2, 0) is 4.79 Å². The standard InChI is InChI=1S/C17H22FNO4/c1-11(2)8-16(20)19-7-3-4-13(19)10-23-15-6-5-12(17(21)22)9-14(15)18/h5-6,9,11,13H,3-4,7-8,10H2,1-2H3,(H,21,22). The molecule has 1 aliphatic heterocycles. The Morgan fingerprint density at radius 3 is 2.78 bits per heavy atom. The Hall–Kier alpha value is -2.11. The highest BCUT2D eigenvalue weighted by Gasteiger charge is 2.29. The lowest BCUT2D eigenvalue weighted by Crippen LogP contribution is -2.39. The monoisotopic (exact) mass is 323 g/mol. The zero-order valence-electron chi connectivity index (χ0n) is 13.4. The zero-order valence-corrected chi connectivity index (χ0v) is 13.4. The summed E-state index contributed by atoms with van der Waals surface area (Å²) in [6.07, 6.45) is 2.25. The number of rotatable bonds is 6. The summed E-state index contributed by atoms with van der Waals surface area (Å²) in [6.45, 7) is 4.92. The van der Waals surface area contributed by atoms with Gasteiger partial charge in [-0.1, -0.05) is 13.8 Å². The molecule has 0 aromatic heterocycles. The van der Waals surface area contributed by atoms with Crippen molar-refractivity contribution in [2.75, 3.05) is 13.2 Å². The second kappa shape index (κ2) is 7.44. The minimum Gasteiger partial charge on any atom is -0.488 e. The van der Waals surface area contributed by atoms with E-state index in [0.29, 0.717) is 18.9 Å². The molecule has 1 amide bonds. The van der Waals surface area contributed by atoms with Gasteiger partial charge in [0.1, 0.15) is 6.61 Å². The van der Waals surface area contributed by atoms with Crippen LogP contribution in [0.1, 0.15) is 43.5 Å². The average Bonchev–Trinajstić information content (AvgIpc) is 2.93. The Kier molecular flexibility index (Phi) is 5.58. The molecule has 1 fully saturated rings. The maximum Gasteiger partial charge on any atom is 0.335 e. The molecule has 126 valence electrons. The molecule has 23 heavy (non-hydrogen) atoms. The van der Waals surface area contributed by atoms with Crippen LogP contribution < -0.4 is 4.74 Å². The van der Waals surface area contributed by atoms with Gasteiger partial charge >= 0.3 is 5.97 Å². The number of carbonyl (C=O) groups is 2. The predicted octanol–water partition coefficient (Wildman–Crippen LogP) is 2.94. The number of carbonyl (C=O) groups excluding carboxylic acids is 1. The predicted molar refractivity (Wildman–Crippen MR) is 83.0 cm³/mol. The van der Waals surface area contributed by atoms with E-state index in [1.807, 2.05) is 18.7 Å². The number of benzene rings is 1. The Morgan fingerprint density at radius 2 is 2.17 bits per heavy atom. The van der Waals surface area contributed by atoms with Crippen LogP contribution in [0.15, 0.2) is 18.2 Å². The molecule has 0 saturated carbocycles. The number of carboxylic acid groups (broad SMARTS) is 1. The molecule has 5 nitrogen and oxygen atoms in total. The first-order valence-electron chi connectivity index (χ1n) is 7.83. The van der Waals surface area contributed by atoms with Gasteiger partial charge in [0.05, 0.1) is 11.6 Å². The highest BCUT2D eigenvalue weighted by atomic mass is 19.1. The quantitative estimate of drug-likeness (QED) is 0.874. The van der Waals surface area contributed by atoms with E-state index in [4.69, 9.17) is 9.84 Å². The van der Waals surface area contributed by atoms with Crippen LogP contribution in [0.4, 0.5) is 4.39 Å².